The normalized spacial score (nSPS) is 18.2. The first-order valence-corrected chi connectivity index (χ1v) is 9.43. The minimum absolute atomic E-state index is 0.129. The number of benzene rings is 3. The molecule has 1 amide bonds. The highest BCUT2D eigenvalue weighted by atomic mass is 19.1. The standard InChI is InChI=1S/C23H21F2N3O/c1-14-12-21(27-19-9-4-16(24)5-10-19)20-13-17(25)6-11-22(20)28(14)23(29)15-2-7-18(26)8-3-15/h2-11,13-14,21,27H,12,26H2,1H3/t14-,21+/m0/s1. The minimum Gasteiger partial charge on any atom is -0.399 e. The Morgan fingerprint density at radius 1 is 1.00 bits per heavy atom. The van der Waals surface area contributed by atoms with E-state index in [1.807, 2.05) is 6.92 Å². The van der Waals surface area contributed by atoms with E-state index in [-0.39, 0.29) is 29.6 Å². The van der Waals surface area contributed by atoms with Crippen LogP contribution in [0.3, 0.4) is 0 Å². The number of fused-ring (bicyclic) bond motifs is 1. The molecular formula is C23H21F2N3O. The van der Waals surface area contributed by atoms with Crippen molar-refractivity contribution < 1.29 is 13.6 Å². The summed E-state index contributed by atoms with van der Waals surface area (Å²) in [5.74, 6) is -0.853. The average Bonchev–Trinajstić information content (AvgIpc) is 2.70. The quantitative estimate of drug-likeness (QED) is 0.606. The minimum atomic E-state index is -0.371. The number of halogens is 2. The number of nitrogens with two attached hydrogens (primary N) is 1. The molecule has 0 saturated carbocycles. The van der Waals surface area contributed by atoms with Crippen LogP contribution in [0.4, 0.5) is 25.8 Å². The van der Waals surface area contributed by atoms with Crippen LogP contribution in [-0.2, 0) is 0 Å². The van der Waals surface area contributed by atoms with Crippen LogP contribution in [0.5, 0.6) is 0 Å². The van der Waals surface area contributed by atoms with Gasteiger partial charge in [0.2, 0.25) is 0 Å². The number of hydrogen-bond acceptors (Lipinski definition) is 3. The zero-order chi connectivity index (χ0) is 20.5. The molecule has 0 spiro atoms. The van der Waals surface area contributed by atoms with Crippen LogP contribution in [0.2, 0.25) is 0 Å². The van der Waals surface area contributed by atoms with Gasteiger partial charge in [0, 0.05) is 34.2 Å². The topological polar surface area (TPSA) is 58.4 Å². The smallest absolute Gasteiger partial charge is 0.258 e. The third-order valence-electron chi connectivity index (χ3n) is 5.20. The van der Waals surface area contributed by atoms with Gasteiger partial charge in [-0.1, -0.05) is 0 Å². The lowest BCUT2D eigenvalue weighted by Crippen LogP contribution is -2.44. The van der Waals surface area contributed by atoms with Gasteiger partial charge in [0.25, 0.3) is 5.91 Å². The lowest BCUT2D eigenvalue weighted by molar-refractivity contribution is 0.0974. The summed E-state index contributed by atoms with van der Waals surface area (Å²) in [5, 5.41) is 3.34. The van der Waals surface area contributed by atoms with E-state index in [4.69, 9.17) is 5.73 Å². The molecule has 0 fully saturated rings. The first-order valence-electron chi connectivity index (χ1n) is 9.43. The molecule has 0 unspecified atom stereocenters. The highest BCUT2D eigenvalue weighted by Gasteiger charge is 2.34. The van der Waals surface area contributed by atoms with Crippen molar-refractivity contribution in [2.75, 3.05) is 16.0 Å². The molecule has 29 heavy (non-hydrogen) atoms. The van der Waals surface area contributed by atoms with Gasteiger partial charge in [0.15, 0.2) is 0 Å². The third kappa shape index (κ3) is 3.78. The van der Waals surface area contributed by atoms with E-state index in [0.717, 1.165) is 5.69 Å². The Hall–Kier alpha value is -3.41. The largest absolute Gasteiger partial charge is 0.399 e. The van der Waals surface area contributed by atoms with E-state index in [9.17, 15) is 13.6 Å². The molecular weight excluding hydrogens is 372 g/mol. The highest BCUT2D eigenvalue weighted by molar-refractivity contribution is 6.07. The number of nitrogens with zero attached hydrogens (tertiary/aromatic N) is 1. The third-order valence-corrected chi connectivity index (χ3v) is 5.20. The highest BCUT2D eigenvalue weighted by Crippen LogP contribution is 2.40. The van der Waals surface area contributed by atoms with Gasteiger partial charge in [0.1, 0.15) is 11.6 Å². The molecule has 3 aromatic carbocycles. The van der Waals surface area contributed by atoms with Crippen molar-refractivity contribution in [3.05, 3.63) is 89.5 Å². The predicted molar refractivity (Wildman–Crippen MR) is 111 cm³/mol. The number of nitrogen functional groups attached to an aromatic ring is 1. The number of carbonyl (C=O) groups excluding carboxylic acids is 1. The van der Waals surface area contributed by atoms with Crippen LogP contribution in [0.1, 0.15) is 35.3 Å². The molecule has 0 saturated heterocycles. The second-order valence-electron chi connectivity index (χ2n) is 7.29. The maximum absolute atomic E-state index is 14.1. The fraction of sp³-hybridized carbons (Fsp3) is 0.174. The van der Waals surface area contributed by atoms with Crippen LogP contribution >= 0.6 is 0 Å². The van der Waals surface area contributed by atoms with Gasteiger partial charge in [0.05, 0.1) is 6.04 Å². The molecule has 3 aromatic rings. The molecule has 4 rings (SSSR count). The summed E-state index contributed by atoms with van der Waals surface area (Å²) >= 11 is 0. The van der Waals surface area contributed by atoms with Crippen molar-refractivity contribution in [1.29, 1.82) is 0 Å². The van der Waals surface area contributed by atoms with Crippen molar-refractivity contribution in [3.8, 4) is 0 Å². The van der Waals surface area contributed by atoms with E-state index in [1.165, 1.54) is 24.3 Å². The van der Waals surface area contributed by atoms with Crippen molar-refractivity contribution in [3.63, 3.8) is 0 Å². The Labute approximate surface area is 168 Å². The number of hydrogen-bond donors (Lipinski definition) is 2. The molecule has 1 aliphatic heterocycles. The molecule has 0 radical (unpaired) electrons. The Balaban J connectivity index is 1.70. The van der Waals surface area contributed by atoms with Crippen LogP contribution in [0.15, 0.2) is 66.7 Å². The van der Waals surface area contributed by atoms with Crippen LogP contribution < -0.4 is 16.0 Å². The van der Waals surface area contributed by atoms with E-state index >= 15 is 0 Å². The number of rotatable bonds is 3. The average molecular weight is 393 g/mol. The molecule has 2 atom stereocenters. The molecule has 3 N–H and O–H groups in total. The number of nitrogens with one attached hydrogen (secondary N) is 1. The lowest BCUT2D eigenvalue weighted by atomic mass is 9.90. The zero-order valence-corrected chi connectivity index (χ0v) is 15.9. The maximum atomic E-state index is 14.1. The Morgan fingerprint density at radius 3 is 2.34 bits per heavy atom. The Kier molecular flexibility index (Phi) is 4.92. The van der Waals surface area contributed by atoms with Crippen LogP contribution in [0.25, 0.3) is 0 Å². The van der Waals surface area contributed by atoms with E-state index in [2.05, 4.69) is 5.32 Å². The molecule has 0 bridgehead atoms. The Bertz CT molecular complexity index is 1030. The molecule has 1 aliphatic rings. The summed E-state index contributed by atoms with van der Waals surface area (Å²) < 4.78 is 27.3. The van der Waals surface area contributed by atoms with Crippen molar-refractivity contribution in [1.82, 2.24) is 0 Å². The lowest BCUT2D eigenvalue weighted by Gasteiger charge is -2.40. The molecule has 6 heteroatoms. The molecule has 4 nitrogen and oxygen atoms in total. The van der Waals surface area contributed by atoms with E-state index in [0.29, 0.717) is 28.9 Å². The van der Waals surface area contributed by atoms with Crippen LogP contribution in [-0.4, -0.2) is 11.9 Å². The maximum Gasteiger partial charge on any atom is 0.258 e. The van der Waals surface area contributed by atoms with Gasteiger partial charge in [-0.3, -0.25) is 4.79 Å². The van der Waals surface area contributed by atoms with E-state index in [1.54, 1.807) is 47.4 Å². The predicted octanol–water partition coefficient (Wildman–Crippen LogP) is 5.14. The number of carbonyl (C=O) groups is 1. The summed E-state index contributed by atoms with van der Waals surface area (Å²) in [6, 6.07) is 16.9. The van der Waals surface area contributed by atoms with Crippen molar-refractivity contribution >= 4 is 23.0 Å². The number of anilines is 3. The molecule has 148 valence electrons. The van der Waals surface area contributed by atoms with Gasteiger partial charge in [-0.15, -0.1) is 0 Å². The van der Waals surface area contributed by atoms with Gasteiger partial charge >= 0.3 is 0 Å². The Morgan fingerprint density at radius 2 is 1.66 bits per heavy atom. The van der Waals surface area contributed by atoms with Crippen LogP contribution in [0, 0.1) is 11.6 Å². The second-order valence-corrected chi connectivity index (χ2v) is 7.29. The fourth-order valence-corrected chi connectivity index (χ4v) is 3.79. The molecule has 0 aromatic heterocycles. The summed E-state index contributed by atoms with van der Waals surface area (Å²) in [7, 11) is 0. The first-order chi connectivity index (χ1) is 13.9. The van der Waals surface area contributed by atoms with Gasteiger partial charge in [-0.25, -0.2) is 8.78 Å². The summed E-state index contributed by atoms with van der Waals surface area (Å²) in [6.45, 7) is 1.96. The summed E-state index contributed by atoms with van der Waals surface area (Å²) in [6.07, 6.45) is 0.578. The summed E-state index contributed by atoms with van der Waals surface area (Å²) in [4.78, 5) is 14.9. The van der Waals surface area contributed by atoms with Crippen molar-refractivity contribution in [2.24, 2.45) is 0 Å². The van der Waals surface area contributed by atoms with Gasteiger partial charge in [-0.05, 0) is 80.1 Å². The van der Waals surface area contributed by atoms with Gasteiger partial charge in [-0.2, -0.15) is 0 Å². The zero-order valence-electron chi connectivity index (χ0n) is 15.9. The molecule has 1 heterocycles. The first kappa shape index (κ1) is 18.9. The van der Waals surface area contributed by atoms with Crippen molar-refractivity contribution in [2.45, 2.75) is 25.4 Å². The number of amides is 1. The monoisotopic (exact) mass is 393 g/mol. The van der Waals surface area contributed by atoms with Gasteiger partial charge < -0.3 is 16.0 Å². The second kappa shape index (κ2) is 7.54. The van der Waals surface area contributed by atoms with E-state index < -0.39 is 0 Å². The SMILES string of the molecule is C[C@H]1C[C@@H](Nc2ccc(F)cc2)c2cc(F)ccc2N1C(=O)c1ccc(N)cc1. The molecule has 0 aliphatic carbocycles. The summed E-state index contributed by atoms with van der Waals surface area (Å²) in [5.41, 5.74) is 8.91. The fourth-order valence-electron chi connectivity index (χ4n) is 3.79.